The maximum Gasteiger partial charge on any atom is 0.0511 e. The van der Waals surface area contributed by atoms with E-state index in [1.54, 1.807) is 0 Å². The second kappa shape index (κ2) is 5.23. The summed E-state index contributed by atoms with van der Waals surface area (Å²) < 4.78 is 0. The number of unbranched alkanes of at least 4 members (excludes halogenated alkanes) is 1. The highest BCUT2D eigenvalue weighted by Gasteiger charge is 2.06. The van der Waals surface area contributed by atoms with Gasteiger partial charge in [0.2, 0.25) is 0 Å². The van der Waals surface area contributed by atoms with Crippen molar-refractivity contribution in [3.8, 4) is 0 Å². The van der Waals surface area contributed by atoms with Gasteiger partial charge in [-0.3, -0.25) is 0 Å². The molecule has 0 rings (SSSR count). The van der Waals surface area contributed by atoms with Crippen molar-refractivity contribution in [2.75, 3.05) is 6.61 Å². The molecule has 1 atom stereocenters. The minimum Gasteiger partial charge on any atom is -0.550 e. The highest BCUT2D eigenvalue weighted by atomic mass is 16.4. The van der Waals surface area contributed by atoms with Gasteiger partial charge in [0.1, 0.15) is 0 Å². The number of rotatable bonds is 5. The van der Waals surface area contributed by atoms with E-state index in [0.717, 1.165) is 12.8 Å². The lowest BCUT2D eigenvalue weighted by molar-refractivity contribution is -0.312. The Bertz CT molecular complexity index is 101. The molecule has 10 heavy (non-hydrogen) atoms. The van der Waals surface area contributed by atoms with Crippen LogP contribution in [0.2, 0.25) is 0 Å². The fraction of sp³-hybridized carbons (Fsp3) is 0.857. The molecule has 1 N–H and O–H groups in total. The van der Waals surface area contributed by atoms with Crippen LogP contribution in [0.15, 0.2) is 0 Å². The highest BCUT2D eigenvalue weighted by Crippen LogP contribution is 2.05. The van der Waals surface area contributed by atoms with Crippen LogP contribution in [0.4, 0.5) is 0 Å². The Morgan fingerprint density at radius 3 is 2.60 bits per heavy atom. The Morgan fingerprint density at radius 1 is 1.70 bits per heavy atom. The SMILES string of the molecule is CCCC[C@H](CO)C(=O)[O-]. The maximum atomic E-state index is 10.2. The van der Waals surface area contributed by atoms with E-state index < -0.39 is 11.9 Å². The minimum absolute atomic E-state index is 0.303. The van der Waals surface area contributed by atoms with Gasteiger partial charge in [0.15, 0.2) is 0 Å². The number of carbonyl (C=O) groups excluding carboxylic acids is 1. The van der Waals surface area contributed by atoms with Crippen LogP contribution >= 0.6 is 0 Å². The van der Waals surface area contributed by atoms with Crippen LogP contribution in [0, 0.1) is 5.92 Å². The lowest BCUT2D eigenvalue weighted by Gasteiger charge is -2.13. The van der Waals surface area contributed by atoms with Crippen molar-refractivity contribution in [1.82, 2.24) is 0 Å². The van der Waals surface area contributed by atoms with Gasteiger partial charge in [-0.05, 0) is 6.42 Å². The zero-order chi connectivity index (χ0) is 7.98. The second-order valence-corrected chi connectivity index (χ2v) is 2.34. The molecule has 0 aromatic heterocycles. The Labute approximate surface area is 60.7 Å². The summed E-state index contributed by atoms with van der Waals surface area (Å²) in [6.07, 6.45) is 2.30. The van der Waals surface area contributed by atoms with Gasteiger partial charge in [-0.1, -0.05) is 19.8 Å². The average molecular weight is 145 g/mol. The first-order valence-corrected chi connectivity index (χ1v) is 3.54. The third-order valence-electron chi connectivity index (χ3n) is 1.46. The van der Waals surface area contributed by atoms with Crippen molar-refractivity contribution >= 4 is 5.97 Å². The number of carboxylic acid groups (broad SMARTS) is 1. The van der Waals surface area contributed by atoms with Crippen LogP contribution < -0.4 is 5.11 Å². The first-order valence-electron chi connectivity index (χ1n) is 3.54. The summed E-state index contributed by atoms with van der Waals surface area (Å²) in [7, 11) is 0. The Hall–Kier alpha value is -0.570. The van der Waals surface area contributed by atoms with Crippen molar-refractivity contribution in [1.29, 1.82) is 0 Å². The molecule has 0 fully saturated rings. The summed E-state index contributed by atoms with van der Waals surface area (Å²) in [5.41, 5.74) is 0. The largest absolute Gasteiger partial charge is 0.550 e. The number of aliphatic hydroxyl groups excluding tert-OH is 1. The monoisotopic (exact) mass is 145 g/mol. The van der Waals surface area contributed by atoms with Gasteiger partial charge in [0.05, 0.1) is 6.61 Å². The van der Waals surface area contributed by atoms with E-state index in [-0.39, 0.29) is 6.61 Å². The topological polar surface area (TPSA) is 60.4 Å². The standard InChI is InChI=1S/C7H14O3/c1-2-3-4-6(5-8)7(9)10/h6,8H,2-5H2,1H3,(H,9,10)/p-1/t6-/m1/s1. The molecular weight excluding hydrogens is 132 g/mol. The molecule has 0 aromatic rings. The van der Waals surface area contributed by atoms with Gasteiger partial charge in [-0.2, -0.15) is 0 Å². The van der Waals surface area contributed by atoms with Gasteiger partial charge >= 0.3 is 0 Å². The Morgan fingerprint density at radius 2 is 2.30 bits per heavy atom. The molecule has 3 nitrogen and oxygen atoms in total. The average Bonchev–Trinajstić information content (AvgIpc) is 1.89. The molecule has 0 saturated carbocycles. The zero-order valence-electron chi connectivity index (χ0n) is 6.17. The molecule has 0 saturated heterocycles. The van der Waals surface area contributed by atoms with E-state index >= 15 is 0 Å². The van der Waals surface area contributed by atoms with E-state index in [9.17, 15) is 9.90 Å². The van der Waals surface area contributed by atoms with Crippen LogP contribution in [-0.4, -0.2) is 17.7 Å². The molecule has 0 heterocycles. The van der Waals surface area contributed by atoms with Crippen molar-refractivity contribution in [2.24, 2.45) is 5.92 Å². The van der Waals surface area contributed by atoms with Crippen molar-refractivity contribution in [2.45, 2.75) is 26.2 Å². The molecule has 60 valence electrons. The normalized spacial score (nSPS) is 13.0. The number of hydrogen-bond donors (Lipinski definition) is 1. The smallest absolute Gasteiger partial charge is 0.0511 e. The van der Waals surface area contributed by atoms with E-state index in [4.69, 9.17) is 5.11 Å². The number of aliphatic carboxylic acids is 1. The number of hydrogen-bond acceptors (Lipinski definition) is 3. The molecular formula is C7H13O3-. The zero-order valence-corrected chi connectivity index (χ0v) is 6.17. The Balaban J connectivity index is 3.50. The first kappa shape index (κ1) is 9.43. The fourth-order valence-electron chi connectivity index (χ4n) is 0.734. The quantitative estimate of drug-likeness (QED) is 0.569. The van der Waals surface area contributed by atoms with Crippen LogP contribution in [0.3, 0.4) is 0 Å². The van der Waals surface area contributed by atoms with Gasteiger partial charge < -0.3 is 15.0 Å². The number of carboxylic acids is 1. The molecule has 0 amide bonds. The highest BCUT2D eigenvalue weighted by molar-refractivity contribution is 5.67. The van der Waals surface area contributed by atoms with Gasteiger partial charge in [-0.25, -0.2) is 0 Å². The van der Waals surface area contributed by atoms with E-state index in [2.05, 4.69) is 0 Å². The first-order chi connectivity index (χ1) is 4.72. The van der Waals surface area contributed by atoms with Gasteiger partial charge in [0, 0.05) is 11.9 Å². The third-order valence-corrected chi connectivity index (χ3v) is 1.46. The molecule has 0 unspecified atom stereocenters. The summed E-state index contributed by atoms with van der Waals surface area (Å²) in [5, 5.41) is 18.7. The fourth-order valence-corrected chi connectivity index (χ4v) is 0.734. The van der Waals surface area contributed by atoms with Gasteiger partial charge in [-0.15, -0.1) is 0 Å². The number of aliphatic hydroxyl groups is 1. The summed E-state index contributed by atoms with van der Waals surface area (Å²) in [6.45, 7) is 1.67. The van der Waals surface area contributed by atoms with Crippen LogP contribution in [-0.2, 0) is 4.79 Å². The minimum atomic E-state index is -1.14. The molecule has 0 aliphatic rings. The lowest BCUT2D eigenvalue weighted by atomic mass is 10.0. The molecule has 0 radical (unpaired) electrons. The summed E-state index contributed by atoms with van der Waals surface area (Å²) >= 11 is 0. The molecule has 3 heteroatoms. The third kappa shape index (κ3) is 3.45. The van der Waals surface area contributed by atoms with Crippen molar-refractivity contribution in [3.63, 3.8) is 0 Å². The molecule has 0 bridgehead atoms. The van der Waals surface area contributed by atoms with Crippen LogP contribution in [0.25, 0.3) is 0 Å². The number of carbonyl (C=O) groups is 1. The second-order valence-electron chi connectivity index (χ2n) is 2.34. The van der Waals surface area contributed by atoms with E-state index in [0.29, 0.717) is 6.42 Å². The van der Waals surface area contributed by atoms with E-state index in [1.165, 1.54) is 0 Å². The molecule has 0 aromatic carbocycles. The van der Waals surface area contributed by atoms with Crippen LogP contribution in [0.1, 0.15) is 26.2 Å². The molecule has 0 aliphatic carbocycles. The lowest BCUT2D eigenvalue weighted by Crippen LogP contribution is -2.33. The maximum absolute atomic E-state index is 10.2. The van der Waals surface area contributed by atoms with Crippen molar-refractivity contribution < 1.29 is 15.0 Å². The predicted molar refractivity (Wildman–Crippen MR) is 35.1 cm³/mol. The van der Waals surface area contributed by atoms with Crippen molar-refractivity contribution in [3.05, 3.63) is 0 Å². The molecule has 0 spiro atoms. The Kier molecular flexibility index (Phi) is 4.94. The molecule has 0 aliphatic heterocycles. The summed E-state index contributed by atoms with van der Waals surface area (Å²) in [6, 6.07) is 0. The summed E-state index contributed by atoms with van der Waals surface area (Å²) in [4.78, 5) is 10.2. The van der Waals surface area contributed by atoms with E-state index in [1.807, 2.05) is 6.92 Å². The van der Waals surface area contributed by atoms with Crippen LogP contribution in [0.5, 0.6) is 0 Å². The summed E-state index contributed by atoms with van der Waals surface area (Å²) in [5.74, 6) is -1.81. The van der Waals surface area contributed by atoms with Gasteiger partial charge in [0.25, 0.3) is 0 Å². The predicted octanol–water partition coefficient (Wildman–Crippen LogP) is -0.465.